The molecule has 8 nitrogen and oxygen atoms in total. The van der Waals surface area contributed by atoms with Gasteiger partial charge in [-0.25, -0.2) is 0 Å². The van der Waals surface area contributed by atoms with Crippen molar-refractivity contribution in [1.82, 2.24) is 0 Å². The van der Waals surface area contributed by atoms with E-state index in [0.29, 0.717) is 16.9 Å². The number of hydrogen-bond donors (Lipinski definition) is 6. The lowest BCUT2D eigenvalue weighted by Crippen LogP contribution is -3.00. The first-order valence-electron chi connectivity index (χ1n) is 5.03. The molecule has 0 unspecified atom stereocenters. The molecule has 12 heteroatoms. The van der Waals surface area contributed by atoms with Crippen LogP contribution in [0.4, 0.5) is 0 Å². The third-order valence-corrected chi connectivity index (χ3v) is 7.23. The Labute approximate surface area is 123 Å². The maximum Gasteiger partial charge on any atom is 0.369 e. The number of nitrogens with zero attached hydrogens (tertiary/aromatic N) is 1. The third-order valence-electron chi connectivity index (χ3n) is 2.59. The Kier molecular flexibility index (Phi) is 8.42. The molecule has 0 heterocycles. The van der Waals surface area contributed by atoms with Crippen molar-refractivity contribution in [3.8, 4) is 0 Å². The second kappa shape index (κ2) is 7.22. The van der Waals surface area contributed by atoms with Gasteiger partial charge in [0.05, 0.1) is 20.6 Å². The van der Waals surface area contributed by atoms with Gasteiger partial charge in [0, 0.05) is 12.8 Å². The molecule has 0 aromatic rings. The summed E-state index contributed by atoms with van der Waals surface area (Å²) in [5.74, 6) is 0.449. The molecule has 118 valence electrons. The molecule has 0 aromatic carbocycles. The van der Waals surface area contributed by atoms with Gasteiger partial charge in [0.2, 0.25) is 0 Å². The molecule has 0 aromatic heterocycles. The summed E-state index contributed by atoms with van der Waals surface area (Å²) in [5.41, 5.74) is 0. The normalized spacial score (nSPS) is 14.1. The fourth-order valence-corrected chi connectivity index (χ4v) is 3.67. The first-order chi connectivity index (χ1) is 7.77. The number of aliphatic hydroxyl groups is 1. The maximum absolute atomic E-state index is 11.1. The topological polar surface area (TPSA) is 135 Å². The number of halogens is 1. The number of rotatable bonds is 7. The third kappa shape index (κ3) is 6.01. The first kappa shape index (κ1) is 22.1. The second-order valence-electron chi connectivity index (χ2n) is 4.77. The summed E-state index contributed by atoms with van der Waals surface area (Å²) >= 11 is 4.06. The van der Waals surface area contributed by atoms with Crippen molar-refractivity contribution in [2.75, 3.05) is 26.5 Å². The highest BCUT2D eigenvalue weighted by Crippen LogP contribution is 2.69. The Morgan fingerprint density at radius 3 is 1.74 bits per heavy atom. The Hall–Kier alpha value is 0.860. The van der Waals surface area contributed by atoms with Crippen molar-refractivity contribution in [2.24, 2.45) is 0 Å². The summed E-state index contributed by atoms with van der Waals surface area (Å²) in [5, 5.41) is 6.29. The van der Waals surface area contributed by atoms with Gasteiger partial charge in [-0.2, -0.15) is 0 Å². The van der Waals surface area contributed by atoms with Crippen molar-refractivity contribution in [1.29, 1.82) is 0 Å². The second-order valence-corrected chi connectivity index (χ2v) is 9.06. The van der Waals surface area contributed by atoms with E-state index in [9.17, 15) is 14.2 Å². The standard InChI is InChI=1S/C7H19NO7P2S.ClH/c1-8(2,6-18)5-3-4-7(9,16(10,11)12)17(13,14)15;/h9H,3-6H2,1-2H3,(H4-,10,11,12,13,14,15,18);1H. The van der Waals surface area contributed by atoms with Crippen LogP contribution in [0.15, 0.2) is 0 Å². The van der Waals surface area contributed by atoms with Gasteiger partial charge in [-0.05, 0) is 0 Å². The molecule has 0 bridgehead atoms. The minimum Gasteiger partial charge on any atom is -1.00 e. The molecule has 0 fully saturated rings. The number of hydrogen-bond acceptors (Lipinski definition) is 4. The summed E-state index contributed by atoms with van der Waals surface area (Å²) in [6.45, 7) is 0.367. The van der Waals surface area contributed by atoms with Crippen LogP contribution in [0.5, 0.6) is 0 Å². The van der Waals surface area contributed by atoms with Gasteiger partial charge in [-0.1, -0.05) is 0 Å². The highest BCUT2D eigenvalue weighted by Gasteiger charge is 2.58. The van der Waals surface area contributed by atoms with Crippen LogP contribution in [0.2, 0.25) is 0 Å². The summed E-state index contributed by atoms with van der Waals surface area (Å²) in [4.78, 5) is 35.6. The van der Waals surface area contributed by atoms with E-state index in [4.69, 9.17) is 19.6 Å². The minimum absolute atomic E-state index is 0. The van der Waals surface area contributed by atoms with Crippen molar-refractivity contribution < 1.29 is 50.7 Å². The van der Waals surface area contributed by atoms with Crippen LogP contribution in [0.25, 0.3) is 0 Å². The summed E-state index contributed by atoms with van der Waals surface area (Å²) in [6, 6.07) is 0. The van der Waals surface area contributed by atoms with Gasteiger partial charge < -0.3 is 41.6 Å². The lowest BCUT2D eigenvalue weighted by Gasteiger charge is -2.32. The Balaban J connectivity index is 0. The SMILES string of the molecule is C[N+](C)(CS)CCCC(O)(P(=O)(O)O)P(=O)(O)O.[Cl-]. The monoisotopic (exact) mass is 359 g/mol. The molecular formula is C7H20ClNO7P2S. The zero-order valence-electron chi connectivity index (χ0n) is 10.5. The largest absolute Gasteiger partial charge is 1.00 e. The van der Waals surface area contributed by atoms with Gasteiger partial charge >= 0.3 is 15.2 Å². The van der Waals surface area contributed by atoms with E-state index >= 15 is 0 Å². The molecule has 0 saturated carbocycles. The van der Waals surface area contributed by atoms with Crippen LogP contribution >= 0.6 is 27.8 Å². The number of thiol groups is 1. The molecule has 0 rings (SSSR count). The van der Waals surface area contributed by atoms with Gasteiger partial charge in [0.1, 0.15) is 5.88 Å². The fourth-order valence-electron chi connectivity index (χ4n) is 1.28. The van der Waals surface area contributed by atoms with E-state index in [-0.39, 0.29) is 18.8 Å². The van der Waals surface area contributed by atoms with Crippen molar-refractivity contribution in [3.05, 3.63) is 0 Å². The molecule has 0 radical (unpaired) electrons. The summed E-state index contributed by atoms with van der Waals surface area (Å²) < 4.78 is 22.5. The maximum atomic E-state index is 11.1. The fraction of sp³-hybridized carbons (Fsp3) is 1.00. The highest BCUT2D eigenvalue weighted by molar-refractivity contribution is 7.80. The van der Waals surface area contributed by atoms with Crippen LogP contribution in [0, 0.1) is 0 Å². The van der Waals surface area contributed by atoms with Crippen LogP contribution < -0.4 is 12.4 Å². The molecule has 0 spiro atoms. The van der Waals surface area contributed by atoms with Crippen LogP contribution in [0.3, 0.4) is 0 Å². The van der Waals surface area contributed by atoms with Gasteiger partial charge in [0.25, 0.3) is 5.08 Å². The predicted octanol–water partition coefficient (Wildman–Crippen LogP) is -3.26. The van der Waals surface area contributed by atoms with Crippen LogP contribution in [-0.4, -0.2) is 60.8 Å². The van der Waals surface area contributed by atoms with E-state index in [1.807, 2.05) is 0 Å². The van der Waals surface area contributed by atoms with E-state index in [0.717, 1.165) is 0 Å². The average molecular weight is 360 g/mol. The Morgan fingerprint density at radius 2 is 1.47 bits per heavy atom. The van der Waals surface area contributed by atoms with E-state index < -0.39 is 26.7 Å². The molecule has 0 aliphatic carbocycles. The highest BCUT2D eigenvalue weighted by atomic mass is 35.5. The molecule has 0 aliphatic rings. The summed E-state index contributed by atoms with van der Waals surface area (Å²) in [6.07, 6.45) is -0.642. The minimum atomic E-state index is -5.33. The first-order valence-corrected chi connectivity index (χ1v) is 8.89. The van der Waals surface area contributed by atoms with Crippen molar-refractivity contribution in [3.63, 3.8) is 0 Å². The lowest BCUT2D eigenvalue weighted by atomic mass is 10.3. The predicted molar refractivity (Wildman–Crippen MR) is 69.1 cm³/mol. The van der Waals surface area contributed by atoms with E-state index in [2.05, 4.69) is 12.6 Å². The van der Waals surface area contributed by atoms with Crippen LogP contribution in [-0.2, 0) is 9.13 Å². The zero-order valence-corrected chi connectivity index (χ0v) is 14.0. The molecule has 0 amide bonds. The molecule has 0 saturated heterocycles. The molecule has 19 heavy (non-hydrogen) atoms. The number of quaternary nitrogens is 1. The van der Waals surface area contributed by atoms with Crippen LogP contribution in [0.1, 0.15) is 12.8 Å². The van der Waals surface area contributed by atoms with E-state index in [1.165, 1.54) is 0 Å². The smallest absolute Gasteiger partial charge is 0.369 e. The van der Waals surface area contributed by atoms with Gasteiger partial charge in [-0.3, -0.25) is 9.13 Å². The Bertz CT molecular complexity index is 360. The van der Waals surface area contributed by atoms with Gasteiger partial charge in [-0.15, -0.1) is 12.6 Å². The molecule has 5 N–H and O–H groups in total. The molecule has 0 atom stereocenters. The zero-order chi connectivity index (χ0) is 14.8. The van der Waals surface area contributed by atoms with E-state index in [1.54, 1.807) is 14.1 Å². The quantitative estimate of drug-likeness (QED) is 0.121. The van der Waals surface area contributed by atoms with Gasteiger partial charge in [0.15, 0.2) is 0 Å². The van der Waals surface area contributed by atoms with Crippen molar-refractivity contribution >= 4 is 27.8 Å². The van der Waals surface area contributed by atoms with Crippen molar-refractivity contribution in [2.45, 2.75) is 17.9 Å². The molecule has 0 aliphatic heterocycles. The summed E-state index contributed by atoms with van der Waals surface area (Å²) in [7, 11) is -7.08. The molecular weight excluding hydrogens is 340 g/mol. The lowest BCUT2D eigenvalue weighted by molar-refractivity contribution is -0.877. The Morgan fingerprint density at radius 1 is 1.11 bits per heavy atom. The average Bonchev–Trinajstić information content (AvgIpc) is 2.13.